The molecule has 1 heterocycles. The van der Waals surface area contributed by atoms with Gasteiger partial charge in [0.05, 0.1) is 5.69 Å². The van der Waals surface area contributed by atoms with Crippen molar-refractivity contribution in [2.75, 3.05) is 0 Å². The minimum Gasteiger partial charge on any atom is -0.211 e. The Morgan fingerprint density at radius 3 is 3.00 bits per heavy atom. The van der Waals surface area contributed by atoms with Crippen LogP contribution in [0.1, 0.15) is 24.2 Å². The van der Waals surface area contributed by atoms with Crippen LogP contribution < -0.4 is 0 Å². The molecule has 0 saturated carbocycles. The fourth-order valence-corrected chi connectivity index (χ4v) is 1.31. The predicted molar refractivity (Wildman–Crippen MR) is 40.8 cm³/mol. The number of aromatic nitrogens is 2. The van der Waals surface area contributed by atoms with Crippen LogP contribution in [0.15, 0.2) is 12.3 Å². The van der Waals surface area contributed by atoms with E-state index in [2.05, 4.69) is 5.10 Å². The third kappa shape index (κ3) is 1.13. The molecule has 12 heavy (non-hydrogen) atoms. The van der Waals surface area contributed by atoms with Crippen molar-refractivity contribution in [3.63, 3.8) is 0 Å². The molecule has 1 aliphatic carbocycles. The van der Waals surface area contributed by atoms with Crippen molar-refractivity contribution in [2.45, 2.75) is 19.4 Å². The minimum absolute atomic E-state index is 0.709. The van der Waals surface area contributed by atoms with Crippen LogP contribution in [-0.4, -0.2) is 9.78 Å². The van der Waals surface area contributed by atoms with Gasteiger partial charge in [0.25, 0.3) is 0 Å². The number of allylic oxidation sites excluding steroid dienone is 1. The van der Waals surface area contributed by atoms with Crippen molar-refractivity contribution in [2.24, 2.45) is 0 Å². The number of aryl methyl sites for hydroxylation is 1. The average molecular weight is 170 g/mol. The number of hydrogen-bond acceptors (Lipinski definition) is 1. The lowest BCUT2D eigenvalue weighted by atomic mass is 10.1. The molecule has 2 nitrogen and oxygen atoms in total. The molecule has 0 fully saturated rings. The Balaban J connectivity index is 2.39. The van der Waals surface area contributed by atoms with Gasteiger partial charge < -0.3 is 0 Å². The Hall–Kier alpha value is -1.19. The Bertz CT molecular complexity index is 315. The van der Waals surface area contributed by atoms with Gasteiger partial charge in [-0.25, -0.2) is 4.68 Å². The van der Waals surface area contributed by atoms with Crippen molar-refractivity contribution in [1.82, 2.24) is 9.78 Å². The molecule has 0 radical (unpaired) electrons. The van der Waals surface area contributed by atoms with Crippen LogP contribution in [-0.2, 0) is 6.42 Å². The predicted octanol–water partition coefficient (Wildman–Crippen LogP) is 2.24. The summed E-state index contributed by atoms with van der Waals surface area (Å²) in [5.41, 5.74) is 1.60. The third-order valence-electron chi connectivity index (χ3n) is 1.89. The monoisotopic (exact) mass is 170 g/mol. The summed E-state index contributed by atoms with van der Waals surface area (Å²) in [5.74, 6) is 0. The fourth-order valence-electron chi connectivity index (χ4n) is 1.31. The second-order valence-electron chi connectivity index (χ2n) is 2.73. The lowest BCUT2D eigenvalue weighted by Crippen LogP contribution is -1.99. The number of nitrogens with zero attached hydrogens (tertiary/aromatic N) is 2. The number of hydrogen-bond donors (Lipinski definition) is 0. The molecule has 1 aromatic rings. The van der Waals surface area contributed by atoms with Gasteiger partial charge in [0.15, 0.2) is 0 Å². The maximum Gasteiger partial charge on any atom is 0.333 e. The summed E-state index contributed by atoms with van der Waals surface area (Å²) in [5, 5.41) is 3.77. The molecule has 1 aromatic heterocycles. The first kappa shape index (κ1) is 7.46. The first-order chi connectivity index (χ1) is 5.77. The number of fused-ring (bicyclic) bond motifs is 1. The van der Waals surface area contributed by atoms with E-state index in [1.807, 2.05) is 12.2 Å². The smallest absolute Gasteiger partial charge is 0.211 e. The maximum atomic E-state index is 12.1. The second-order valence-corrected chi connectivity index (χ2v) is 2.73. The van der Waals surface area contributed by atoms with E-state index in [0.29, 0.717) is 4.68 Å². The molecule has 0 bridgehead atoms. The summed E-state index contributed by atoms with van der Waals surface area (Å²) in [6, 6.07) is 0. The van der Waals surface area contributed by atoms with Crippen molar-refractivity contribution < 1.29 is 8.78 Å². The van der Waals surface area contributed by atoms with E-state index in [1.54, 1.807) is 0 Å². The summed E-state index contributed by atoms with van der Waals surface area (Å²) >= 11 is 0. The molecule has 4 heteroatoms. The molecule has 1 aliphatic rings. The summed E-state index contributed by atoms with van der Waals surface area (Å²) < 4.78 is 25.0. The van der Waals surface area contributed by atoms with Crippen LogP contribution in [0.4, 0.5) is 8.78 Å². The Morgan fingerprint density at radius 2 is 2.33 bits per heavy atom. The van der Waals surface area contributed by atoms with Crippen LogP contribution in [0, 0.1) is 0 Å². The van der Waals surface area contributed by atoms with Crippen LogP contribution in [0.25, 0.3) is 6.08 Å². The van der Waals surface area contributed by atoms with Crippen molar-refractivity contribution >= 4 is 6.08 Å². The average Bonchev–Trinajstić information content (AvgIpc) is 2.46. The third-order valence-corrected chi connectivity index (χ3v) is 1.89. The zero-order chi connectivity index (χ0) is 8.55. The minimum atomic E-state index is -2.52. The molecule has 0 unspecified atom stereocenters. The van der Waals surface area contributed by atoms with Crippen LogP contribution in [0.2, 0.25) is 0 Å². The lowest BCUT2D eigenvalue weighted by Gasteiger charge is -1.99. The molecule has 0 atom stereocenters. The Kier molecular flexibility index (Phi) is 1.67. The van der Waals surface area contributed by atoms with Crippen molar-refractivity contribution in [3.8, 4) is 0 Å². The van der Waals surface area contributed by atoms with E-state index in [1.165, 1.54) is 6.20 Å². The topological polar surface area (TPSA) is 17.8 Å². The highest BCUT2D eigenvalue weighted by Gasteiger charge is 2.13. The van der Waals surface area contributed by atoms with E-state index in [9.17, 15) is 8.78 Å². The molecule has 0 spiro atoms. The number of rotatable bonds is 1. The van der Waals surface area contributed by atoms with Gasteiger partial charge in [-0.1, -0.05) is 12.2 Å². The molecule has 0 aliphatic heterocycles. The lowest BCUT2D eigenvalue weighted by molar-refractivity contribution is 0.0562. The molecule has 0 saturated heterocycles. The van der Waals surface area contributed by atoms with Gasteiger partial charge in [0.1, 0.15) is 0 Å². The molecule has 0 amide bonds. The zero-order valence-electron chi connectivity index (χ0n) is 6.37. The van der Waals surface area contributed by atoms with Gasteiger partial charge in [0.2, 0.25) is 0 Å². The largest absolute Gasteiger partial charge is 0.333 e. The highest BCUT2D eigenvalue weighted by Crippen LogP contribution is 2.20. The quantitative estimate of drug-likeness (QED) is 0.632. The zero-order valence-corrected chi connectivity index (χ0v) is 6.37. The van der Waals surface area contributed by atoms with E-state index in [4.69, 9.17) is 0 Å². The standard InChI is InChI=1S/C8H8F2N2/c9-8(10)12-5-6-3-1-2-4-7(6)11-12/h1,3,5,8H,2,4H2. The SMILES string of the molecule is FC(F)n1cc2c(n1)CCC=C2. The molecule has 2 rings (SSSR count). The van der Waals surface area contributed by atoms with Crippen molar-refractivity contribution in [3.05, 3.63) is 23.5 Å². The highest BCUT2D eigenvalue weighted by molar-refractivity contribution is 5.53. The maximum absolute atomic E-state index is 12.1. The fraction of sp³-hybridized carbons (Fsp3) is 0.375. The molecule has 0 aromatic carbocycles. The summed E-state index contributed by atoms with van der Waals surface area (Å²) in [4.78, 5) is 0. The summed E-state index contributed by atoms with van der Waals surface area (Å²) in [7, 11) is 0. The van der Waals surface area contributed by atoms with E-state index in [0.717, 1.165) is 24.1 Å². The van der Waals surface area contributed by atoms with E-state index < -0.39 is 6.55 Å². The van der Waals surface area contributed by atoms with Gasteiger partial charge in [-0.2, -0.15) is 13.9 Å². The van der Waals surface area contributed by atoms with Gasteiger partial charge in [-0.3, -0.25) is 0 Å². The molecule has 64 valence electrons. The van der Waals surface area contributed by atoms with Crippen LogP contribution in [0.3, 0.4) is 0 Å². The number of halogens is 2. The van der Waals surface area contributed by atoms with Gasteiger partial charge in [-0.05, 0) is 12.8 Å². The van der Waals surface area contributed by atoms with Crippen LogP contribution >= 0.6 is 0 Å². The number of alkyl halides is 2. The van der Waals surface area contributed by atoms with E-state index in [-0.39, 0.29) is 0 Å². The van der Waals surface area contributed by atoms with Crippen molar-refractivity contribution in [1.29, 1.82) is 0 Å². The second kappa shape index (κ2) is 2.69. The van der Waals surface area contributed by atoms with Gasteiger partial charge in [0, 0.05) is 11.8 Å². The normalized spacial score (nSPS) is 15.2. The highest BCUT2D eigenvalue weighted by atomic mass is 19.3. The summed E-state index contributed by atoms with van der Waals surface area (Å²) in [6.45, 7) is -2.52. The van der Waals surface area contributed by atoms with Gasteiger partial charge >= 0.3 is 6.55 Å². The first-order valence-corrected chi connectivity index (χ1v) is 3.80. The first-order valence-electron chi connectivity index (χ1n) is 3.80. The van der Waals surface area contributed by atoms with Crippen LogP contribution in [0.5, 0.6) is 0 Å². The van der Waals surface area contributed by atoms with Gasteiger partial charge in [-0.15, -0.1) is 0 Å². The van der Waals surface area contributed by atoms with E-state index >= 15 is 0 Å². The molecular weight excluding hydrogens is 162 g/mol. The molecular formula is C8H8F2N2. The summed E-state index contributed by atoms with van der Waals surface area (Å²) in [6.07, 6.45) is 6.86. The molecule has 0 N–H and O–H groups in total. The Morgan fingerprint density at radius 1 is 1.50 bits per heavy atom. The Labute approximate surface area is 68.5 Å².